The molecule has 7 heteroatoms. The first-order valence-electron chi connectivity index (χ1n) is 10.0. The molecule has 0 saturated carbocycles. The van der Waals surface area contributed by atoms with E-state index in [-0.39, 0.29) is 29.6 Å². The fourth-order valence-electron chi connectivity index (χ4n) is 3.53. The van der Waals surface area contributed by atoms with Crippen molar-refractivity contribution in [2.24, 2.45) is 10.9 Å². The minimum Gasteiger partial charge on any atom is -0.381 e. The van der Waals surface area contributed by atoms with Crippen LogP contribution in [0.25, 0.3) is 0 Å². The molecule has 0 aromatic rings. The first-order valence-corrected chi connectivity index (χ1v) is 10.0. The summed E-state index contributed by atoms with van der Waals surface area (Å²) < 4.78 is 11.2. The van der Waals surface area contributed by atoms with E-state index in [4.69, 9.17) is 14.5 Å². The van der Waals surface area contributed by atoms with Crippen LogP contribution in [0.5, 0.6) is 0 Å². The van der Waals surface area contributed by atoms with Crippen LogP contribution in [0.15, 0.2) is 4.99 Å². The van der Waals surface area contributed by atoms with Gasteiger partial charge in [-0.3, -0.25) is 4.99 Å². The third-order valence-electron chi connectivity index (χ3n) is 5.53. The van der Waals surface area contributed by atoms with Crippen LogP contribution in [0, 0.1) is 5.92 Å². The van der Waals surface area contributed by atoms with Crippen molar-refractivity contribution in [2.45, 2.75) is 51.6 Å². The van der Waals surface area contributed by atoms with E-state index in [9.17, 15) is 0 Å². The third-order valence-corrected chi connectivity index (χ3v) is 5.53. The van der Waals surface area contributed by atoms with Gasteiger partial charge in [0.25, 0.3) is 0 Å². The Morgan fingerprint density at radius 2 is 1.92 bits per heavy atom. The Balaban J connectivity index is 0.00000338. The highest BCUT2D eigenvalue weighted by molar-refractivity contribution is 14.0. The second-order valence-corrected chi connectivity index (χ2v) is 7.50. The molecular formula is C19H39IN4O2. The van der Waals surface area contributed by atoms with Crippen LogP contribution >= 0.6 is 24.0 Å². The quantitative estimate of drug-likeness (QED) is 0.241. The summed E-state index contributed by atoms with van der Waals surface area (Å²) in [6, 6.07) is 0. The summed E-state index contributed by atoms with van der Waals surface area (Å²) in [5, 5.41) is 6.82. The van der Waals surface area contributed by atoms with Crippen molar-refractivity contribution < 1.29 is 9.47 Å². The molecular weight excluding hydrogens is 443 g/mol. The summed E-state index contributed by atoms with van der Waals surface area (Å²) in [4.78, 5) is 7.37. The van der Waals surface area contributed by atoms with Gasteiger partial charge in [-0.15, -0.1) is 24.0 Å². The number of hydrogen-bond acceptors (Lipinski definition) is 4. The van der Waals surface area contributed by atoms with E-state index >= 15 is 0 Å². The molecule has 2 N–H and O–H groups in total. The van der Waals surface area contributed by atoms with Crippen molar-refractivity contribution in [3.05, 3.63) is 0 Å². The molecule has 2 heterocycles. The van der Waals surface area contributed by atoms with Crippen LogP contribution in [0.3, 0.4) is 0 Å². The van der Waals surface area contributed by atoms with Gasteiger partial charge in [-0.05, 0) is 51.7 Å². The smallest absolute Gasteiger partial charge is 0.191 e. The highest BCUT2D eigenvalue weighted by Gasteiger charge is 2.32. The zero-order valence-corrected chi connectivity index (χ0v) is 19.2. The van der Waals surface area contributed by atoms with E-state index in [1.807, 2.05) is 0 Å². The third kappa shape index (κ3) is 8.27. The van der Waals surface area contributed by atoms with Crippen molar-refractivity contribution in [3.8, 4) is 0 Å². The van der Waals surface area contributed by atoms with E-state index in [0.717, 1.165) is 57.4 Å². The van der Waals surface area contributed by atoms with Crippen molar-refractivity contribution in [2.75, 3.05) is 59.6 Å². The molecule has 0 aliphatic carbocycles. The van der Waals surface area contributed by atoms with Crippen LogP contribution in [0.4, 0.5) is 0 Å². The van der Waals surface area contributed by atoms with Gasteiger partial charge in [0.1, 0.15) is 0 Å². The van der Waals surface area contributed by atoms with Crippen molar-refractivity contribution >= 4 is 29.9 Å². The summed E-state index contributed by atoms with van der Waals surface area (Å²) in [6.45, 7) is 12.2. The number of nitrogens with one attached hydrogen (secondary N) is 2. The normalized spacial score (nSPS) is 21.9. The Kier molecular flexibility index (Phi) is 12.1. The predicted molar refractivity (Wildman–Crippen MR) is 119 cm³/mol. The van der Waals surface area contributed by atoms with Gasteiger partial charge < -0.3 is 25.0 Å². The molecule has 2 aliphatic heterocycles. The lowest BCUT2D eigenvalue weighted by molar-refractivity contribution is -0.0828. The number of aliphatic imine (C=N–C) groups is 1. The molecule has 0 atom stereocenters. The fraction of sp³-hybridized carbons (Fsp3) is 0.947. The molecule has 0 spiro atoms. The average molecular weight is 482 g/mol. The highest BCUT2D eigenvalue weighted by atomic mass is 127. The predicted octanol–water partition coefficient (Wildman–Crippen LogP) is 2.48. The van der Waals surface area contributed by atoms with Gasteiger partial charge in [0.15, 0.2) is 5.96 Å². The summed E-state index contributed by atoms with van der Waals surface area (Å²) >= 11 is 0. The Hall–Kier alpha value is -0.120. The lowest BCUT2D eigenvalue weighted by atomic mass is 9.94. The first-order chi connectivity index (χ1) is 12.2. The maximum absolute atomic E-state index is 5.77. The van der Waals surface area contributed by atoms with Crippen LogP contribution in [0.1, 0.15) is 46.0 Å². The number of methoxy groups -OCH3 is 1. The minimum atomic E-state index is -0.162. The highest BCUT2D eigenvalue weighted by Crippen LogP contribution is 2.24. The number of rotatable bonds is 8. The number of ether oxygens (including phenoxy) is 2. The Bertz CT molecular complexity index is 395. The lowest BCUT2D eigenvalue weighted by Gasteiger charge is -2.34. The van der Waals surface area contributed by atoms with Crippen LogP contribution < -0.4 is 10.6 Å². The van der Waals surface area contributed by atoms with Crippen molar-refractivity contribution in [3.63, 3.8) is 0 Å². The molecule has 26 heavy (non-hydrogen) atoms. The molecule has 6 nitrogen and oxygen atoms in total. The molecule has 0 aromatic carbocycles. The molecule has 2 fully saturated rings. The molecule has 0 radical (unpaired) electrons. The van der Waals surface area contributed by atoms with E-state index < -0.39 is 0 Å². The first kappa shape index (κ1) is 23.9. The van der Waals surface area contributed by atoms with E-state index in [2.05, 4.69) is 29.4 Å². The summed E-state index contributed by atoms with van der Waals surface area (Å²) in [5.74, 6) is 1.80. The second kappa shape index (κ2) is 13.1. The number of likely N-dealkylation sites (tertiary alicyclic amines) is 1. The number of piperidine rings is 1. The van der Waals surface area contributed by atoms with Crippen LogP contribution in [-0.2, 0) is 9.47 Å². The van der Waals surface area contributed by atoms with Crippen molar-refractivity contribution in [1.82, 2.24) is 15.5 Å². The lowest BCUT2D eigenvalue weighted by Crippen LogP contribution is -2.44. The molecule has 2 aliphatic rings. The number of hydrogen-bond donors (Lipinski definition) is 2. The standard InChI is InChI=1S/C19H38N4O2.HI/c1-4-20-18(22-16-19(24-3)8-14-25-15-9-19)21-10-5-11-23-12-6-17(2)7-13-23;/h17H,4-16H2,1-3H3,(H2,20,21,22);1H. The Labute approximate surface area is 176 Å². The SMILES string of the molecule is CCNC(=NCC1(OC)CCOCC1)NCCCN1CCC(C)CC1.I. The topological polar surface area (TPSA) is 58.1 Å². The molecule has 0 unspecified atom stereocenters. The maximum atomic E-state index is 5.77. The van der Waals surface area contributed by atoms with E-state index in [0.29, 0.717) is 6.54 Å². The maximum Gasteiger partial charge on any atom is 0.191 e. The van der Waals surface area contributed by atoms with Gasteiger partial charge in [0.2, 0.25) is 0 Å². The van der Waals surface area contributed by atoms with E-state index in [1.54, 1.807) is 7.11 Å². The molecule has 0 aromatic heterocycles. The second-order valence-electron chi connectivity index (χ2n) is 7.50. The Morgan fingerprint density at radius 3 is 2.54 bits per heavy atom. The Morgan fingerprint density at radius 1 is 1.23 bits per heavy atom. The van der Waals surface area contributed by atoms with Crippen LogP contribution in [0.2, 0.25) is 0 Å². The monoisotopic (exact) mass is 482 g/mol. The van der Waals surface area contributed by atoms with Gasteiger partial charge in [0, 0.05) is 46.3 Å². The average Bonchev–Trinajstić information content (AvgIpc) is 2.65. The van der Waals surface area contributed by atoms with Crippen molar-refractivity contribution in [1.29, 1.82) is 0 Å². The molecule has 0 amide bonds. The van der Waals surface area contributed by atoms with Crippen LogP contribution in [-0.4, -0.2) is 76.1 Å². The van der Waals surface area contributed by atoms with E-state index in [1.165, 1.54) is 32.5 Å². The minimum absolute atomic E-state index is 0. The number of guanidine groups is 1. The molecule has 2 rings (SSSR count). The zero-order valence-electron chi connectivity index (χ0n) is 16.9. The van der Waals surface area contributed by atoms with Gasteiger partial charge >= 0.3 is 0 Å². The number of nitrogens with zero attached hydrogens (tertiary/aromatic N) is 2. The molecule has 0 bridgehead atoms. The summed E-state index contributed by atoms with van der Waals surface area (Å²) in [5.41, 5.74) is -0.162. The molecule has 2 saturated heterocycles. The number of halogens is 1. The van der Waals surface area contributed by atoms with Gasteiger partial charge in [0.05, 0.1) is 12.1 Å². The summed E-state index contributed by atoms with van der Waals surface area (Å²) in [6.07, 6.45) is 5.68. The van der Waals surface area contributed by atoms with Gasteiger partial charge in [-0.25, -0.2) is 0 Å². The summed E-state index contributed by atoms with van der Waals surface area (Å²) in [7, 11) is 1.79. The largest absolute Gasteiger partial charge is 0.381 e. The molecule has 154 valence electrons. The van der Waals surface area contributed by atoms with Gasteiger partial charge in [-0.1, -0.05) is 6.92 Å². The zero-order chi connectivity index (χ0) is 18.0. The van der Waals surface area contributed by atoms with Gasteiger partial charge in [-0.2, -0.15) is 0 Å². The fourth-order valence-corrected chi connectivity index (χ4v) is 3.53.